The standard InChI is InChI=1S/C25H30F4O2/c1-2-3-4-5-18-6-10-20(11-7-18)21-14-22(26)16-24(15-21)30-17-19-8-12-23(13-9-19)31-25(27,28)29/h8-9,12-16,18,20H,2-7,10-11,17H2,1H3. The van der Waals surface area contributed by atoms with Gasteiger partial charge in [0.1, 0.15) is 23.9 Å². The van der Waals surface area contributed by atoms with Gasteiger partial charge in [-0.15, -0.1) is 13.2 Å². The van der Waals surface area contributed by atoms with Crippen LogP contribution in [0.5, 0.6) is 11.5 Å². The van der Waals surface area contributed by atoms with Crippen molar-refractivity contribution in [3.63, 3.8) is 0 Å². The molecule has 0 aliphatic heterocycles. The first-order chi connectivity index (χ1) is 14.8. The van der Waals surface area contributed by atoms with Gasteiger partial charge in [0.2, 0.25) is 0 Å². The zero-order chi connectivity index (χ0) is 22.3. The molecule has 3 rings (SSSR count). The number of hydrogen-bond acceptors (Lipinski definition) is 2. The molecule has 2 aromatic rings. The van der Waals surface area contributed by atoms with Crippen LogP contribution >= 0.6 is 0 Å². The lowest BCUT2D eigenvalue weighted by atomic mass is 9.77. The van der Waals surface area contributed by atoms with Crippen LogP contribution < -0.4 is 9.47 Å². The van der Waals surface area contributed by atoms with Crippen LogP contribution in [0.25, 0.3) is 0 Å². The van der Waals surface area contributed by atoms with Gasteiger partial charge in [0.15, 0.2) is 0 Å². The predicted molar refractivity (Wildman–Crippen MR) is 113 cm³/mol. The topological polar surface area (TPSA) is 18.5 Å². The summed E-state index contributed by atoms with van der Waals surface area (Å²) in [6.45, 7) is 2.36. The van der Waals surface area contributed by atoms with E-state index in [1.165, 1.54) is 68.9 Å². The van der Waals surface area contributed by atoms with E-state index in [0.717, 1.165) is 24.3 Å². The number of rotatable bonds is 9. The second kappa shape index (κ2) is 10.9. The van der Waals surface area contributed by atoms with Crippen molar-refractivity contribution in [2.24, 2.45) is 5.92 Å². The Morgan fingerprint density at radius 3 is 2.26 bits per heavy atom. The lowest BCUT2D eigenvalue weighted by Crippen LogP contribution is -2.17. The summed E-state index contributed by atoms with van der Waals surface area (Å²) in [5.41, 5.74) is 1.64. The maximum atomic E-state index is 14.2. The minimum absolute atomic E-state index is 0.138. The Kier molecular flexibility index (Phi) is 8.22. The molecule has 0 radical (unpaired) electrons. The number of ether oxygens (including phenoxy) is 2. The summed E-state index contributed by atoms with van der Waals surface area (Å²) in [7, 11) is 0. The SMILES string of the molecule is CCCCCC1CCC(c2cc(F)cc(OCc3ccc(OC(F)(F)F)cc3)c2)CC1. The van der Waals surface area contributed by atoms with Gasteiger partial charge < -0.3 is 9.47 Å². The molecule has 1 saturated carbocycles. The van der Waals surface area contributed by atoms with Gasteiger partial charge >= 0.3 is 6.36 Å². The van der Waals surface area contributed by atoms with Gasteiger partial charge in [0.05, 0.1) is 0 Å². The fourth-order valence-electron chi connectivity index (χ4n) is 4.32. The van der Waals surface area contributed by atoms with E-state index in [1.807, 2.05) is 6.07 Å². The summed E-state index contributed by atoms with van der Waals surface area (Å²) in [6.07, 6.45) is 4.93. The summed E-state index contributed by atoms with van der Waals surface area (Å²) in [4.78, 5) is 0. The van der Waals surface area contributed by atoms with E-state index >= 15 is 0 Å². The smallest absolute Gasteiger partial charge is 0.489 e. The molecule has 0 N–H and O–H groups in total. The fourth-order valence-corrected chi connectivity index (χ4v) is 4.32. The Morgan fingerprint density at radius 1 is 0.903 bits per heavy atom. The molecule has 1 aliphatic carbocycles. The molecule has 6 heteroatoms. The van der Waals surface area contributed by atoms with Gasteiger partial charge in [-0.2, -0.15) is 0 Å². The van der Waals surface area contributed by atoms with Gasteiger partial charge in [-0.25, -0.2) is 4.39 Å². The van der Waals surface area contributed by atoms with E-state index in [-0.39, 0.29) is 18.2 Å². The van der Waals surface area contributed by atoms with Gasteiger partial charge in [-0.3, -0.25) is 0 Å². The van der Waals surface area contributed by atoms with Gasteiger partial charge in [-0.05, 0) is 72.9 Å². The summed E-state index contributed by atoms with van der Waals surface area (Å²) < 4.78 is 60.5. The third kappa shape index (κ3) is 7.75. The first-order valence-corrected chi connectivity index (χ1v) is 11.1. The highest BCUT2D eigenvalue weighted by Crippen LogP contribution is 2.39. The van der Waals surface area contributed by atoms with Crippen LogP contribution in [-0.2, 0) is 6.61 Å². The molecule has 1 aliphatic rings. The van der Waals surface area contributed by atoms with Crippen molar-refractivity contribution >= 4 is 0 Å². The van der Waals surface area contributed by atoms with E-state index in [0.29, 0.717) is 17.2 Å². The van der Waals surface area contributed by atoms with Crippen LogP contribution in [-0.4, -0.2) is 6.36 Å². The molecule has 1 fully saturated rings. The number of unbranched alkanes of at least 4 members (excludes halogenated alkanes) is 2. The van der Waals surface area contributed by atoms with Crippen LogP contribution in [0, 0.1) is 11.7 Å². The van der Waals surface area contributed by atoms with E-state index in [2.05, 4.69) is 11.7 Å². The Balaban J connectivity index is 1.54. The third-order valence-corrected chi connectivity index (χ3v) is 5.99. The molecule has 0 amide bonds. The highest BCUT2D eigenvalue weighted by atomic mass is 19.4. The molecule has 0 unspecified atom stereocenters. The van der Waals surface area contributed by atoms with Crippen molar-refractivity contribution < 1.29 is 27.0 Å². The zero-order valence-electron chi connectivity index (χ0n) is 17.9. The predicted octanol–water partition coefficient (Wildman–Crippen LogP) is 8.16. The van der Waals surface area contributed by atoms with E-state index in [9.17, 15) is 17.6 Å². The van der Waals surface area contributed by atoms with E-state index < -0.39 is 6.36 Å². The van der Waals surface area contributed by atoms with Crippen LogP contribution in [0.3, 0.4) is 0 Å². The lowest BCUT2D eigenvalue weighted by molar-refractivity contribution is -0.274. The number of halogens is 4. The maximum absolute atomic E-state index is 14.2. The molecular weight excluding hydrogens is 408 g/mol. The molecule has 0 spiro atoms. The van der Waals surface area contributed by atoms with E-state index in [4.69, 9.17) is 4.74 Å². The van der Waals surface area contributed by atoms with Crippen molar-refractivity contribution in [3.8, 4) is 11.5 Å². The first kappa shape index (κ1) is 23.4. The van der Waals surface area contributed by atoms with Crippen LogP contribution in [0.2, 0.25) is 0 Å². The highest BCUT2D eigenvalue weighted by molar-refractivity contribution is 5.33. The first-order valence-electron chi connectivity index (χ1n) is 11.1. The monoisotopic (exact) mass is 438 g/mol. The molecular formula is C25H30F4O2. The molecule has 31 heavy (non-hydrogen) atoms. The summed E-state index contributed by atoms with van der Waals surface area (Å²) in [6, 6.07) is 10.3. The van der Waals surface area contributed by atoms with Crippen LogP contribution in [0.1, 0.15) is 75.3 Å². The van der Waals surface area contributed by atoms with Crippen molar-refractivity contribution in [1.82, 2.24) is 0 Å². The number of alkyl halides is 3. The second-order valence-electron chi connectivity index (χ2n) is 8.41. The molecule has 0 aromatic heterocycles. The Labute approximate surface area is 181 Å². The normalized spacial score (nSPS) is 19.3. The molecule has 2 aromatic carbocycles. The molecule has 0 atom stereocenters. The summed E-state index contributed by atoms with van der Waals surface area (Å²) >= 11 is 0. The molecule has 0 heterocycles. The van der Waals surface area contributed by atoms with Crippen molar-refractivity contribution in [2.45, 2.75) is 77.2 Å². The number of hydrogen-bond donors (Lipinski definition) is 0. The van der Waals surface area contributed by atoms with E-state index in [1.54, 1.807) is 6.07 Å². The summed E-state index contributed by atoms with van der Waals surface area (Å²) in [5, 5.41) is 0. The van der Waals surface area contributed by atoms with Crippen molar-refractivity contribution in [3.05, 3.63) is 59.4 Å². The van der Waals surface area contributed by atoms with Gasteiger partial charge in [0.25, 0.3) is 0 Å². The number of benzene rings is 2. The molecule has 0 bridgehead atoms. The summed E-state index contributed by atoms with van der Waals surface area (Å²) in [5.74, 6) is 0.965. The Bertz CT molecular complexity index is 809. The van der Waals surface area contributed by atoms with Crippen molar-refractivity contribution in [1.29, 1.82) is 0 Å². The van der Waals surface area contributed by atoms with Crippen LogP contribution in [0.15, 0.2) is 42.5 Å². The average molecular weight is 439 g/mol. The minimum atomic E-state index is -4.72. The minimum Gasteiger partial charge on any atom is -0.489 e. The Morgan fingerprint density at radius 2 is 1.61 bits per heavy atom. The lowest BCUT2D eigenvalue weighted by Gasteiger charge is -2.29. The third-order valence-electron chi connectivity index (χ3n) is 5.99. The largest absolute Gasteiger partial charge is 0.573 e. The second-order valence-corrected chi connectivity index (χ2v) is 8.41. The maximum Gasteiger partial charge on any atom is 0.573 e. The molecule has 170 valence electrons. The van der Waals surface area contributed by atoms with Gasteiger partial charge in [-0.1, -0.05) is 44.7 Å². The van der Waals surface area contributed by atoms with Gasteiger partial charge in [0, 0.05) is 6.07 Å². The zero-order valence-corrected chi connectivity index (χ0v) is 17.9. The molecule has 0 saturated heterocycles. The van der Waals surface area contributed by atoms with Crippen LogP contribution in [0.4, 0.5) is 17.6 Å². The quantitative estimate of drug-likeness (QED) is 0.290. The molecule has 2 nitrogen and oxygen atoms in total. The highest BCUT2D eigenvalue weighted by Gasteiger charge is 2.31. The van der Waals surface area contributed by atoms with Crippen molar-refractivity contribution in [2.75, 3.05) is 0 Å². The average Bonchev–Trinajstić information content (AvgIpc) is 2.72. The fraction of sp³-hybridized carbons (Fsp3) is 0.520. The Hall–Kier alpha value is -2.24.